The van der Waals surface area contributed by atoms with E-state index in [1.807, 2.05) is 0 Å². The van der Waals surface area contributed by atoms with Gasteiger partial charge in [-0.2, -0.15) is 0 Å². The van der Waals surface area contributed by atoms with Crippen LogP contribution in [0.25, 0.3) is 0 Å². The first-order chi connectivity index (χ1) is 5.16. The van der Waals surface area contributed by atoms with E-state index in [2.05, 4.69) is 5.32 Å². The Kier molecular flexibility index (Phi) is 2.80. The van der Waals surface area contributed by atoms with Gasteiger partial charge in [0.15, 0.2) is 0 Å². The molecule has 1 rings (SSSR count). The normalized spacial score (nSPS) is 40.9. The van der Waals surface area contributed by atoms with E-state index in [0.717, 1.165) is 0 Å². The van der Waals surface area contributed by atoms with E-state index in [4.69, 9.17) is 15.3 Å². The number of aliphatic hydroxyl groups is 4. The lowest BCUT2D eigenvalue weighted by molar-refractivity contribution is -0.00977. The van der Waals surface area contributed by atoms with Crippen LogP contribution in [0.4, 0.5) is 0 Å². The van der Waals surface area contributed by atoms with Gasteiger partial charge in [-0.05, 0) is 0 Å². The Bertz CT molecular complexity index is 132. The highest BCUT2D eigenvalue weighted by Gasteiger charge is 2.36. The van der Waals surface area contributed by atoms with Crippen LogP contribution in [0.3, 0.4) is 0 Å². The van der Waals surface area contributed by atoms with Crippen molar-refractivity contribution >= 4 is 0 Å². The average Bonchev–Trinajstić information content (AvgIpc) is 2.32. The van der Waals surface area contributed by atoms with Crippen LogP contribution in [0.2, 0.25) is 0 Å². The van der Waals surface area contributed by atoms with Gasteiger partial charge in [0.25, 0.3) is 0 Å². The molecule has 0 saturated carbocycles. The first kappa shape index (κ1) is 8.89. The maximum atomic E-state index is 9.18. The van der Waals surface area contributed by atoms with Crippen molar-refractivity contribution < 1.29 is 20.4 Å². The summed E-state index contributed by atoms with van der Waals surface area (Å²) in [5.41, 5.74) is 0. The molecule has 5 heteroatoms. The third-order valence-electron chi connectivity index (χ3n) is 1.93. The van der Waals surface area contributed by atoms with Crippen molar-refractivity contribution in [3.05, 3.63) is 0 Å². The third-order valence-corrected chi connectivity index (χ3v) is 1.93. The number of hydrogen-bond acceptors (Lipinski definition) is 5. The highest BCUT2D eigenvalue weighted by molar-refractivity contribution is 4.94. The van der Waals surface area contributed by atoms with E-state index in [1.54, 1.807) is 0 Å². The van der Waals surface area contributed by atoms with E-state index in [9.17, 15) is 5.11 Å². The maximum absolute atomic E-state index is 9.18. The highest BCUT2D eigenvalue weighted by Crippen LogP contribution is 2.10. The molecule has 0 aliphatic carbocycles. The van der Waals surface area contributed by atoms with Gasteiger partial charge in [-0.1, -0.05) is 0 Å². The zero-order valence-corrected chi connectivity index (χ0v) is 6.01. The van der Waals surface area contributed by atoms with E-state index in [0.29, 0.717) is 0 Å². The summed E-state index contributed by atoms with van der Waals surface area (Å²) in [7, 11) is 0. The number of β-amino-alcohol motifs (C(OH)–C–C–N with tert-alkyl or cyclic N) is 1. The van der Waals surface area contributed by atoms with Crippen LogP contribution < -0.4 is 5.32 Å². The first-order valence-corrected chi connectivity index (χ1v) is 3.55. The van der Waals surface area contributed by atoms with Gasteiger partial charge in [0.05, 0.1) is 31.0 Å². The zero-order valence-electron chi connectivity index (χ0n) is 6.01. The number of nitrogens with one attached hydrogen (secondary N) is 1. The van der Waals surface area contributed by atoms with Gasteiger partial charge in [0.1, 0.15) is 0 Å². The summed E-state index contributed by atoms with van der Waals surface area (Å²) in [4.78, 5) is 0. The molecule has 5 N–H and O–H groups in total. The smallest absolute Gasteiger partial charge is 0.0990 e. The van der Waals surface area contributed by atoms with Crippen molar-refractivity contribution in [3.63, 3.8) is 0 Å². The van der Waals surface area contributed by atoms with Gasteiger partial charge < -0.3 is 25.7 Å². The minimum absolute atomic E-state index is 0.253. The largest absolute Gasteiger partial charge is 0.394 e. The Morgan fingerprint density at radius 1 is 1.45 bits per heavy atom. The SMILES string of the molecule is OC[C@@H](O)[C@@H]1NC[C@@H](O)[C@H]1O. The van der Waals surface area contributed by atoms with Crippen LogP contribution in [0, 0.1) is 0 Å². The van der Waals surface area contributed by atoms with Gasteiger partial charge >= 0.3 is 0 Å². The molecule has 1 saturated heterocycles. The molecule has 0 aromatic carbocycles. The summed E-state index contributed by atoms with van der Waals surface area (Å²) in [5, 5.41) is 38.5. The first-order valence-electron chi connectivity index (χ1n) is 3.55. The lowest BCUT2D eigenvalue weighted by Gasteiger charge is -2.19. The summed E-state index contributed by atoms with van der Waals surface area (Å²) < 4.78 is 0. The molecule has 66 valence electrons. The van der Waals surface area contributed by atoms with Crippen LogP contribution in [-0.4, -0.2) is 57.9 Å². The molecule has 0 radical (unpaired) electrons. The molecule has 0 aromatic rings. The van der Waals surface area contributed by atoms with Crippen molar-refractivity contribution in [2.45, 2.75) is 24.4 Å². The summed E-state index contributed by atoms with van der Waals surface area (Å²) in [6, 6.07) is -0.616. The molecule has 0 unspecified atom stereocenters. The van der Waals surface area contributed by atoms with Crippen molar-refractivity contribution in [2.24, 2.45) is 0 Å². The summed E-state index contributed by atoms with van der Waals surface area (Å²) >= 11 is 0. The van der Waals surface area contributed by atoms with E-state index in [-0.39, 0.29) is 6.54 Å². The van der Waals surface area contributed by atoms with Crippen molar-refractivity contribution in [2.75, 3.05) is 13.2 Å². The summed E-state index contributed by atoms with van der Waals surface area (Å²) in [6.07, 6.45) is -2.85. The summed E-state index contributed by atoms with van der Waals surface area (Å²) in [5.74, 6) is 0. The second-order valence-electron chi connectivity index (χ2n) is 2.74. The van der Waals surface area contributed by atoms with Crippen molar-refractivity contribution in [3.8, 4) is 0 Å². The Labute approximate surface area is 64.3 Å². The molecule has 0 aromatic heterocycles. The second-order valence-corrected chi connectivity index (χ2v) is 2.74. The van der Waals surface area contributed by atoms with Crippen molar-refractivity contribution in [1.82, 2.24) is 5.32 Å². The van der Waals surface area contributed by atoms with Crippen LogP contribution in [0.1, 0.15) is 0 Å². The minimum atomic E-state index is -1.01. The Morgan fingerprint density at radius 3 is 2.45 bits per heavy atom. The fourth-order valence-corrected chi connectivity index (χ4v) is 1.21. The molecule has 1 fully saturated rings. The molecular weight excluding hydrogens is 150 g/mol. The van der Waals surface area contributed by atoms with Gasteiger partial charge in [-0.3, -0.25) is 0 Å². The quantitative estimate of drug-likeness (QED) is 0.300. The monoisotopic (exact) mass is 163 g/mol. The van der Waals surface area contributed by atoms with Gasteiger partial charge in [-0.15, -0.1) is 0 Å². The van der Waals surface area contributed by atoms with Gasteiger partial charge in [0, 0.05) is 6.54 Å². The molecule has 1 aliphatic rings. The molecule has 11 heavy (non-hydrogen) atoms. The number of hydrogen-bond donors (Lipinski definition) is 5. The maximum Gasteiger partial charge on any atom is 0.0990 e. The van der Waals surface area contributed by atoms with Crippen LogP contribution >= 0.6 is 0 Å². The Balaban J connectivity index is 2.47. The Morgan fingerprint density at radius 2 is 2.09 bits per heavy atom. The Hall–Kier alpha value is -0.200. The topological polar surface area (TPSA) is 93.0 Å². The average molecular weight is 163 g/mol. The molecule has 0 bridgehead atoms. The fourth-order valence-electron chi connectivity index (χ4n) is 1.21. The predicted molar refractivity (Wildman–Crippen MR) is 36.9 cm³/mol. The fraction of sp³-hybridized carbons (Fsp3) is 1.00. The van der Waals surface area contributed by atoms with Gasteiger partial charge in [-0.25, -0.2) is 0 Å². The lowest BCUT2D eigenvalue weighted by Crippen LogP contribution is -2.44. The van der Waals surface area contributed by atoms with E-state index < -0.39 is 31.0 Å². The molecule has 1 aliphatic heterocycles. The second kappa shape index (κ2) is 3.46. The third kappa shape index (κ3) is 1.69. The number of aliphatic hydroxyl groups excluding tert-OH is 4. The minimum Gasteiger partial charge on any atom is -0.394 e. The van der Waals surface area contributed by atoms with Crippen molar-refractivity contribution in [1.29, 1.82) is 0 Å². The highest BCUT2D eigenvalue weighted by atomic mass is 16.3. The predicted octanol–water partition coefficient (Wildman–Crippen LogP) is -2.97. The molecule has 1 heterocycles. The van der Waals surface area contributed by atoms with Crippen LogP contribution in [0.15, 0.2) is 0 Å². The van der Waals surface area contributed by atoms with E-state index >= 15 is 0 Å². The molecule has 5 nitrogen and oxygen atoms in total. The molecule has 0 amide bonds. The van der Waals surface area contributed by atoms with E-state index in [1.165, 1.54) is 0 Å². The standard InChI is InChI=1S/C6H13NO4/c8-2-4(10)5-6(11)3(9)1-7-5/h3-11H,1-2H2/t3-,4-,5+,6-/m1/s1. The van der Waals surface area contributed by atoms with Crippen LogP contribution in [-0.2, 0) is 0 Å². The lowest BCUT2D eigenvalue weighted by atomic mass is 10.1. The molecular formula is C6H13NO4. The molecule has 0 spiro atoms. The number of rotatable bonds is 2. The van der Waals surface area contributed by atoms with Gasteiger partial charge in [0.2, 0.25) is 0 Å². The zero-order chi connectivity index (χ0) is 8.43. The van der Waals surface area contributed by atoms with Crippen LogP contribution in [0.5, 0.6) is 0 Å². The molecule has 4 atom stereocenters. The summed E-state index contributed by atoms with van der Waals surface area (Å²) in [6.45, 7) is -0.162.